The second-order valence-electron chi connectivity index (χ2n) is 4.37. The number of nitrogens with two attached hydrogens (primary N) is 1. The van der Waals surface area contributed by atoms with Crippen molar-refractivity contribution in [1.29, 1.82) is 0 Å². The molecule has 1 aromatic rings. The number of aryl methyl sites for hydroxylation is 2. The molecule has 96 valence electrons. The Bertz CT molecular complexity index is 497. The third-order valence-electron chi connectivity index (χ3n) is 2.95. The molecule has 0 amide bonds. The van der Waals surface area contributed by atoms with Crippen molar-refractivity contribution in [1.82, 2.24) is 4.31 Å². The van der Waals surface area contributed by atoms with Crippen LogP contribution in [-0.2, 0) is 10.0 Å². The zero-order chi connectivity index (χ0) is 13.2. The van der Waals surface area contributed by atoms with E-state index in [1.54, 1.807) is 33.0 Å². The topological polar surface area (TPSA) is 63.4 Å². The largest absolute Gasteiger partial charge is 0.329 e. The van der Waals surface area contributed by atoms with E-state index in [0.29, 0.717) is 11.4 Å². The number of nitrogens with zero attached hydrogens (tertiary/aromatic N) is 1. The third kappa shape index (κ3) is 2.86. The van der Waals surface area contributed by atoms with Gasteiger partial charge in [-0.1, -0.05) is 17.7 Å². The second-order valence-corrected chi connectivity index (χ2v) is 6.34. The van der Waals surface area contributed by atoms with Crippen LogP contribution in [0, 0.1) is 13.8 Å². The molecule has 1 rings (SSSR count). The molecule has 0 aliphatic rings. The molecule has 5 heteroatoms. The minimum absolute atomic E-state index is 0.208. The SMILES string of the molecule is Cc1ccc(S(=O)(=O)N(C)C(C)CN)c(C)c1. The van der Waals surface area contributed by atoms with Gasteiger partial charge in [-0.2, -0.15) is 4.31 Å². The molecular formula is C12H20N2O2S. The summed E-state index contributed by atoms with van der Waals surface area (Å²) < 4.78 is 26.0. The monoisotopic (exact) mass is 256 g/mol. The lowest BCUT2D eigenvalue weighted by Crippen LogP contribution is -2.39. The van der Waals surface area contributed by atoms with E-state index in [-0.39, 0.29) is 6.04 Å². The van der Waals surface area contributed by atoms with Crippen LogP contribution < -0.4 is 5.73 Å². The highest BCUT2D eigenvalue weighted by molar-refractivity contribution is 7.89. The molecule has 0 bridgehead atoms. The molecule has 1 unspecified atom stereocenters. The van der Waals surface area contributed by atoms with E-state index in [1.807, 2.05) is 13.0 Å². The van der Waals surface area contributed by atoms with Crippen LogP contribution in [0.3, 0.4) is 0 Å². The molecular weight excluding hydrogens is 236 g/mol. The van der Waals surface area contributed by atoms with Crippen molar-refractivity contribution in [2.45, 2.75) is 31.7 Å². The van der Waals surface area contributed by atoms with Crippen LogP contribution in [0.1, 0.15) is 18.1 Å². The van der Waals surface area contributed by atoms with Crippen molar-refractivity contribution < 1.29 is 8.42 Å². The van der Waals surface area contributed by atoms with Gasteiger partial charge >= 0.3 is 0 Å². The lowest BCUT2D eigenvalue weighted by atomic mass is 10.2. The van der Waals surface area contributed by atoms with Gasteiger partial charge in [0.05, 0.1) is 4.90 Å². The Morgan fingerprint density at radius 3 is 2.41 bits per heavy atom. The first-order chi connectivity index (χ1) is 7.80. The van der Waals surface area contributed by atoms with Crippen LogP contribution in [-0.4, -0.2) is 32.4 Å². The molecule has 17 heavy (non-hydrogen) atoms. The summed E-state index contributed by atoms with van der Waals surface area (Å²) in [7, 11) is -1.88. The molecule has 0 radical (unpaired) electrons. The van der Waals surface area contributed by atoms with Crippen molar-refractivity contribution >= 4 is 10.0 Å². The van der Waals surface area contributed by atoms with Crippen molar-refractivity contribution in [3.05, 3.63) is 29.3 Å². The summed E-state index contributed by atoms with van der Waals surface area (Å²) in [6, 6.07) is 5.12. The minimum atomic E-state index is -3.44. The fourth-order valence-electron chi connectivity index (χ4n) is 1.63. The van der Waals surface area contributed by atoms with Crippen LogP contribution in [0.5, 0.6) is 0 Å². The molecule has 0 spiro atoms. The third-order valence-corrected chi connectivity index (χ3v) is 5.08. The van der Waals surface area contributed by atoms with E-state index < -0.39 is 10.0 Å². The molecule has 0 fully saturated rings. The van der Waals surface area contributed by atoms with Gasteiger partial charge in [0.15, 0.2) is 0 Å². The summed E-state index contributed by atoms with van der Waals surface area (Å²) in [5.74, 6) is 0. The van der Waals surface area contributed by atoms with Crippen LogP contribution >= 0.6 is 0 Å². The Labute approximate surface area is 103 Å². The zero-order valence-corrected chi connectivity index (χ0v) is 11.6. The van der Waals surface area contributed by atoms with E-state index >= 15 is 0 Å². The number of benzene rings is 1. The number of sulfonamides is 1. The quantitative estimate of drug-likeness (QED) is 0.882. The number of hydrogen-bond donors (Lipinski definition) is 1. The predicted molar refractivity (Wildman–Crippen MR) is 69.4 cm³/mol. The van der Waals surface area contributed by atoms with Gasteiger partial charge in [-0.25, -0.2) is 8.42 Å². The fraction of sp³-hybridized carbons (Fsp3) is 0.500. The Balaban J connectivity index is 3.22. The normalized spacial score (nSPS) is 14.0. The number of hydrogen-bond acceptors (Lipinski definition) is 3. The van der Waals surface area contributed by atoms with Crippen LogP contribution in [0.25, 0.3) is 0 Å². The predicted octanol–water partition coefficient (Wildman–Crippen LogP) is 1.27. The summed E-state index contributed by atoms with van der Waals surface area (Å²) in [6.45, 7) is 5.85. The molecule has 0 heterocycles. The highest BCUT2D eigenvalue weighted by atomic mass is 32.2. The molecule has 0 aliphatic heterocycles. The van der Waals surface area contributed by atoms with Crippen LogP contribution in [0.4, 0.5) is 0 Å². The van der Waals surface area contributed by atoms with Crippen molar-refractivity contribution in [3.63, 3.8) is 0 Å². The standard InChI is InChI=1S/C12H20N2O2S/c1-9-5-6-12(10(2)7-9)17(15,16)14(4)11(3)8-13/h5-7,11H,8,13H2,1-4H3. The lowest BCUT2D eigenvalue weighted by Gasteiger charge is -2.23. The first-order valence-corrected chi connectivity index (χ1v) is 7.00. The van der Waals surface area contributed by atoms with Gasteiger partial charge < -0.3 is 5.73 Å². The van der Waals surface area contributed by atoms with Gasteiger partial charge in [0, 0.05) is 19.6 Å². The molecule has 0 saturated heterocycles. The summed E-state index contributed by atoms with van der Waals surface area (Å²) in [6.07, 6.45) is 0. The maximum absolute atomic E-state index is 12.3. The molecule has 2 N–H and O–H groups in total. The first-order valence-electron chi connectivity index (χ1n) is 5.56. The van der Waals surface area contributed by atoms with Gasteiger partial charge in [0.25, 0.3) is 0 Å². The Morgan fingerprint density at radius 1 is 1.35 bits per heavy atom. The molecule has 1 atom stereocenters. The van der Waals surface area contributed by atoms with Gasteiger partial charge in [-0.05, 0) is 32.4 Å². The average molecular weight is 256 g/mol. The Kier molecular flexibility index (Phi) is 4.30. The van der Waals surface area contributed by atoms with Gasteiger partial charge in [0.1, 0.15) is 0 Å². The van der Waals surface area contributed by atoms with E-state index in [0.717, 1.165) is 11.1 Å². The summed E-state index contributed by atoms with van der Waals surface area (Å²) in [5.41, 5.74) is 7.32. The summed E-state index contributed by atoms with van der Waals surface area (Å²) in [4.78, 5) is 0.353. The zero-order valence-electron chi connectivity index (χ0n) is 10.8. The average Bonchev–Trinajstić information content (AvgIpc) is 2.26. The summed E-state index contributed by atoms with van der Waals surface area (Å²) >= 11 is 0. The second kappa shape index (κ2) is 5.16. The maximum Gasteiger partial charge on any atom is 0.243 e. The Hall–Kier alpha value is -0.910. The lowest BCUT2D eigenvalue weighted by molar-refractivity contribution is 0.394. The van der Waals surface area contributed by atoms with Gasteiger partial charge in [-0.3, -0.25) is 0 Å². The van der Waals surface area contributed by atoms with Crippen molar-refractivity contribution in [2.24, 2.45) is 5.73 Å². The minimum Gasteiger partial charge on any atom is -0.329 e. The smallest absolute Gasteiger partial charge is 0.243 e. The number of likely N-dealkylation sites (N-methyl/N-ethyl adjacent to an activating group) is 1. The van der Waals surface area contributed by atoms with E-state index in [9.17, 15) is 8.42 Å². The van der Waals surface area contributed by atoms with Crippen molar-refractivity contribution in [2.75, 3.05) is 13.6 Å². The fourth-order valence-corrected chi connectivity index (χ4v) is 3.21. The van der Waals surface area contributed by atoms with Crippen LogP contribution in [0.2, 0.25) is 0 Å². The Morgan fingerprint density at radius 2 is 1.94 bits per heavy atom. The molecule has 4 nitrogen and oxygen atoms in total. The van der Waals surface area contributed by atoms with Crippen molar-refractivity contribution in [3.8, 4) is 0 Å². The molecule has 1 aromatic carbocycles. The van der Waals surface area contributed by atoms with Gasteiger partial charge in [-0.15, -0.1) is 0 Å². The molecule has 0 aliphatic carbocycles. The highest BCUT2D eigenvalue weighted by Gasteiger charge is 2.25. The van der Waals surface area contributed by atoms with Gasteiger partial charge in [0.2, 0.25) is 10.0 Å². The number of rotatable bonds is 4. The first kappa shape index (κ1) is 14.2. The van der Waals surface area contributed by atoms with E-state index in [4.69, 9.17) is 5.73 Å². The van der Waals surface area contributed by atoms with E-state index in [1.165, 1.54) is 4.31 Å². The maximum atomic E-state index is 12.3. The van der Waals surface area contributed by atoms with Crippen LogP contribution in [0.15, 0.2) is 23.1 Å². The molecule has 0 saturated carbocycles. The summed E-state index contributed by atoms with van der Waals surface area (Å²) in [5, 5.41) is 0. The molecule has 0 aromatic heterocycles. The highest BCUT2D eigenvalue weighted by Crippen LogP contribution is 2.21. The van der Waals surface area contributed by atoms with E-state index in [2.05, 4.69) is 0 Å².